The van der Waals surface area contributed by atoms with E-state index in [0.29, 0.717) is 12.8 Å². The van der Waals surface area contributed by atoms with Crippen LogP contribution in [0.5, 0.6) is 0 Å². The maximum absolute atomic E-state index is 11.7. The summed E-state index contributed by atoms with van der Waals surface area (Å²) in [7, 11) is 0. The SMILES string of the molecule is CC(C)(C)CC(=O)NC1CCCC1C(=O)O. The van der Waals surface area contributed by atoms with Crippen molar-refractivity contribution in [3.8, 4) is 0 Å². The highest BCUT2D eigenvalue weighted by Gasteiger charge is 2.34. The molecular weight excluding hydrogens is 206 g/mol. The van der Waals surface area contributed by atoms with Crippen molar-refractivity contribution in [1.29, 1.82) is 0 Å². The fourth-order valence-electron chi connectivity index (χ4n) is 2.17. The van der Waals surface area contributed by atoms with Crippen LogP contribution in [0.3, 0.4) is 0 Å². The largest absolute Gasteiger partial charge is 0.481 e. The summed E-state index contributed by atoms with van der Waals surface area (Å²) in [4.78, 5) is 22.6. The van der Waals surface area contributed by atoms with Gasteiger partial charge in [0.25, 0.3) is 0 Å². The molecule has 16 heavy (non-hydrogen) atoms. The molecule has 0 aromatic rings. The van der Waals surface area contributed by atoms with Crippen molar-refractivity contribution in [2.45, 2.75) is 52.5 Å². The first-order valence-corrected chi connectivity index (χ1v) is 5.82. The monoisotopic (exact) mass is 227 g/mol. The van der Waals surface area contributed by atoms with Gasteiger partial charge in [-0.2, -0.15) is 0 Å². The molecule has 0 saturated heterocycles. The van der Waals surface area contributed by atoms with Crippen molar-refractivity contribution in [2.75, 3.05) is 0 Å². The first kappa shape index (κ1) is 13.0. The molecule has 1 fully saturated rings. The Balaban J connectivity index is 2.47. The van der Waals surface area contributed by atoms with E-state index in [0.717, 1.165) is 12.8 Å². The smallest absolute Gasteiger partial charge is 0.308 e. The van der Waals surface area contributed by atoms with Crippen molar-refractivity contribution in [3.63, 3.8) is 0 Å². The average molecular weight is 227 g/mol. The molecule has 1 amide bonds. The number of aliphatic carboxylic acids is 1. The van der Waals surface area contributed by atoms with Gasteiger partial charge in [-0.3, -0.25) is 9.59 Å². The molecular formula is C12H21NO3. The van der Waals surface area contributed by atoms with Crippen LogP contribution in [0.1, 0.15) is 46.5 Å². The van der Waals surface area contributed by atoms with Gasteiger partial charge in [0.05, 0.1) is 5.92 Å². The third kappa shape index (κ3) is 3.83. The molecule has 1 saturated carbocycles. The highest BCUT2D eigenvalue weighted by Crippen LogP contribution is 2.26. The second kappa shape index (κ2) is 4.85. The summed E-state index contributed by atoms with van der Waals surface area (Å²) in [5.74, 6) is -1.23. The van der Waals surface area contributed by atoms with E-state index in [1.165, 1.54) is 0 Å². The van der Waals surface area contributed by atoms with E-state index < -0.39 is 11.9 Å². The van der Waals surface area contributed by atoms with Gasteiger partial charge in [-0.15, -0.1) is 0 Å². The fourth-order valence-corrected chi connectivity index (χ4v) is 2.17. The molecule has 0 radical (unpaired) electrons. The number of hydrogen-bond donors (Lipinski definition) is 2. The van der Waals surface area contributed by atoms with Crippen LogP contribution in [0, 0.1) is 11.3 Å². The number of carbonyl (C=O) groups is 2. The first-order valence-electron chi connectivity index (χ1n) is 5.82. The van der Waals surface area contributed by atoms with Crippen molar-refractivity contribution in [2.24, 2.45) is 11.3 Å². The number of amides is 1. The Morgan fingerprint density at radius 2 is 1.94 bits per heavy atom. The number of hydrogen-bond acceptors (Lipinski definition) is 2. The number of rotatable bonds is 3. The van der Waals surface area contributed by atoms with E-state index in [9.17, 15) is 9.59 Å². The van der Waals surface area contributed by atoms with E-state index in [2.05, 4.69) is 5.32 Å². The van der Waals surface area contributed by atoms with Crippen LogP contribution in [-0.4, -0.2) is 23.0 Å². The standard InChI is InChI=1S/C12H21NO3/c1-12(2,3)7-10(14)13-9-6-4-5-8(9)11(15)16/h8-9H,4-7H2,1-3H3,(H,13,14)(H,15,16). The lowest BCUT2D eigenvalue weighted by atomic mass is 9.91. The van der Waals surface area contributed by atoms with Gasteiger partial charge in [-0.05, 0) is 18.3 Å². The minimum Gasteiger partial charge on any atom is -0.481 e. The quantitative estimate of drug-likeness (QED) is 0.772. The summed E-state index contributed by atoms with van der Waals surface area (Å²) >= 11 is 0. The summed E-state index contributed by atoms with van der Waals surface area (Å²) < 4.78 is 0. The van der Waals surface area contributed by atoms with Crippen molar-refractivity contribution < 1.29 is 14.7 Å². The van der Waals surface area contributed by atoms with E-state index in [1.807, 2.05) is 20.8 Å². The molecule has 0 heterocycles. The molecule has 1 rings (SSSR count). The molecule has 2 N–H and O–H groups in total. The summed E-state index contributed by atoms with van der Waals surface area (Å²) in [5.41, 5.74) is -0.0542. The van der Waals surface area contributed by atoms with Crippen molar-refractivity contribution >= 4 is 11.9 Å². The van der Waals surface area contributed by atoms with Crippen LogP contribution in [0.2, 0.25) is 0 Å². The zero-order valence-electron chi connectivity index (χ0n) is 10.2. The number of nitrogens with one attached hydrogen (secondary N) is 1. The first-order chi connectivity index (χ1) is 7.29. The van der Waals surface area contributed by atoms with Crippen LogP contribution in [0.25, 0.3) is 0 Å². The zero-order valence-corrected chi connectivity index (χ0v) is 10.2. The molecule has 1 aliphatic rings. The van der Waals surface area contributed by atoms with E-state index in [1.54, 1.807) is 0 Å². The lowest BCUT2D eigenvalue weighted by Crippen LogP contribution is -2.41. The van der Waals surface area contributed by atoms with Gasteiger partial charge >= 0.3 is 5.97 Å². The van der Waals surface area contributed by atoms with E-state index in [-0.39, 0.29) is 17.4 Å². The van der Waals surface area contributed by atoms with Crippen LogP contribution in [-0.2, 0) is 9.59 Å². The Kier molecular flexibility index (Phi) is 3.94. The molecule has 0 aliphatic heterocycles. The van der Waals surface area contributed by atoms with Crippen LogP contribution < -0.4 is 5.32 Å². The van der Waals surface area contributed by atoms with Crippen LogP contribution >= 0.6 is 0 Å². The Labute approximate surface area is 96.4 Å². The minimum absolute atomic E-state index is 0.0364. The second-order valence-corrected chi connectivity index (χ2v) is 5.79. The Morgan fingerprint density at radius 1 is 1.31 bits per heavy atom. The third-order valence-corrected chi connectivity index (χ3v) is 2.87. The molecule has 1 aliphatic carbocycles. The zero-order chi connectivity index (χ0) is 12.3. The van der Waals surface area contributed by atoms with Gasteiger partial charge in [0.1, 0.15) is 0 Å². The Morgan fingerprint density at radius 3 is 2.44 bits per heavy atom. The summed E-state index contributed by atoms with van der Waals surface area (Å²) in [5, 5.41) is 11.8. The molecule has 4 nitrogen and oxygen atoms in total. The molecule has 2 atom stereocenters. The van der Waals surface area contributed by atoms with Gasteiger partial charge in [0.2, 0.25) is 5.91 Å². The van der Waals surface area contributed by atoms with Crippen LogP contribution in [0.15, 0.2) is 0 Å². The third-order valence-electron chi connectivity index (χ3n) is 2.87. The van der Waals surface area contributed by atoms with Gasteiger partial charge in [-0.1, -0.05) is 27.2 Å². The number of carboxylic acids is 1. The predicted molar refractivity (Wildman–Crippen MR) is 61.0 cm³/mol. The maximum Gasteiger partial charge on any atom is 0.308 e. The lowest BCUT2D eigenvalue weighted by molar-refractivity contribution is -0.142. The maximum atomic E-state index is 11.7. The molecule has 0 aromatic heterocycles. The molecule has 2 unspecified atom stereocenters. The summed E-state index contributed by atoms with van der Waals surface area (Å²) in [6, 6.07) is -0.174. The van der Waals surface area contributed by atoms with Gasteiger partial charge in [-0.25, -0.2) is 0 Å². The van der Waals surface area contributed by atoms with Gasteiger partial charge in [0.15, 0.2) is 0 Å². The lowest BCUT2D eigenvalue weighted by Gasteiger charge is -2.21. The highest BCUT2D eigenvalue weighted by molar-refractivity contribution is 5.78. The predicted octanol–water partition coefficient (Wildman–Crippen LogP) is 1.79. The highest BCUT2D eigenvalue weighted by atomic mass is 16.4. The average Bonchev–Trinajstić information content (AvgIpc) is 2.47. The molecule has 0 bridgehead atoms. The van der Waals surface area contributed by atoms with Crippen LogP contribution in [0.4, 0.5) is 0 Å². The van der Waals surface area contributed by atoms with E-state index in [4.69, 9.17) is 5.11 Å². The molecule has 4 heteroatoms. The number of carboxylic acid groups (broad SMARTS) is 1. The molecule has 92 valence electrons. The Hall–Kier alpha value is -1.06. The number of carbonyl (C=O) groups excluding carboxylic acids is 1. The van der Waals surface area contributed by atoms with E-state index >= 15 is 0 Å². The molecule has 0 spiro atoms. The molecule has 0 aromatic carbocycles. The van der Waals surface area contributed by atoms with Gasteiger partial charge in [0, 0.05) is 12.5 Å². The minimum atomic E-state index is -0.793. The Bertz CT molecular complexity index is 280. The fraction of sp³-hybridized carbons (Fsp3) is 0.833. The van der Waals surface area contributed by atoms with Gasteiger partial charge < -0.3 is 10.4 Å². The van der Waals surface area contributed by atoms with Crippen molar-refractivity contribution in [1.82, 2.24) is 5.32 Å². The normalized spacial score (nSPS) is 25.4. The van der Waals surface area contributed by atoms with Crippen molar-refractivity contribution in [3.05, 3.63) is 0 Å². The summed E-state index contributed by atoms with van der Waals surface area (Å²) in [6.07, 6.45) is 2.79. The second-order valence-electron chi connectivity index (χ2n) is 5.79. The topological polar surface area (TPSA) is 66.4 Å². The summed E-state index contributed by atoms with van der Waals surface area (Å²) in [6.45, 7) is 5.99.